The van der Waals surface area contributed by atoms with Crippen molar-refractivity contribution in [2.75, 3.05) is 13.2 Å². The molecule has 0 unspecified atom stereocenters. The van der Waals surface area contributed by atoms with Gasteiger partial charge in [-0.05, 0) is 31.9 Å². The third-order valence-corrected chi connectivity index (χ3v) is 4.62. The molecule has 1 N–H and O–H groups in total. The molecule has 1 amide bonds. The number of carbonyl (C=O) groups is 2. The van der Waals surface area contributed by atoms with Gasteiger partial charge in [0, 0.05) is 18.7 Å². The van der Waals surface area contributed by atoms with Gasteiger partial charge in [0.25, 0.3) is 5.91 Å². The number of hydrogen-bond donors (Lipinski definition) is 1. The number of benzene rings is 1. The van der Waals surface area contributed by atoms with Crippen molar-refractivity contribution in [1.29, 1.82) is 0 Å². The lowest BCUT2D eigenvalue weighted by Crippen LogP contribution is -2.50. The van der Waals surface area contributed by atoms with E-state index >= 15 is 0 Å². The van der Waals surface area contributed by atoms with Crippen LogP contribution in [0.3, 0.4) is 0 Å². The molecule has 0 aromatic heterocycles. The first-order chi connectivity index (χ1) is 10.4. The fraction of sp³-hybridized carbons (Fsp3) is 0.467. The normalized spacial score (nSPS) is 21.5. The monoisotopic (exact) mass is 345 g/mol. The van der Waals surface area contributed by atoms with Crippen LogP contribution in [0.1, 0.15) is 19.8 Å². The van der Waals surface area contributed by atoms with E-state index in [2.05, 4.69) is 0 Å². The number of rotatable bonds is 4. The van der Waals surface area contributed by atoms with Gasteiger partial charge in [-0.3, -0.25) is 9.59 Å². The van der Waals surface area contributed by atoms with Gasteiger partial charge in [-0.15, -0.1) is 0 Å². The highest BCUT2D eigenvalue weighted by molar-refractivity contribution is 6.42. The Bertz CT molecular complexity index is 579. The molecule has 1 aromatic carbocycles. The predicted octanol–water partition coefficient (Wildman–Crippen LogP) is 3.08. The average Bonchev–Trinajstić information content (AvgIpc) is 2.48. The molecule has 2 atom stereocenters. The van der Waals surface area contributed by atoms with Gasteiger partial charge in [0.1, 0.15) is 5.75 Å². The lowest BCUT2D eigenvalue weighted by molar-refractivity contribution is -0.149. The van der Waals surface area contributed by atoms with Crippen LogP contribution < -0.4 is 4.74 Å². The van der Waals surface area contributed by atoms with Crippen molar-refractivity contribution < 1.29 is 19.4 Å². The Morgan fingerprint density at radius 3 is 2.73 bits per heavy atom. The largest absolute Gasteiger partial charge is 0.484 e. The van der Waals surface area contributed by atoms with Gasteiger partial charge in [-0.25, -0.2) is 0 Å². The lowest BCUT2D eigenvalue weighted by atomic mass is 9.90. The van der Waals surface area contributed by atoms with Crippen molar-refractivity contribution in [2.24, 2.45) is 5.92 Å². The Labute approximate surface area is 138 Å². The third kappa shape index (κ3) is 3.84. The van der Waals surface area contributed by atoms with Gasteiger partial charge in [0.2, 0.25) is 0 Å². The molecule has 7 heteroatoms. The number of carbonyl (C=O) groups excluding carboxylic acids is 1. The van der Waals surface area contributed by atoms with Crippen LogP contribution in [0, 0.1) is 5.92 Å². The number of piperidine rings is 1. The number of ether oxygens (including phenoxy) is 1. The van der Waals surface area contributed by atoms with Crippen LogP contribution in [0.15, 0.2) is 18.2 Å². The Hall–Kier alpha value is -1.46. The van der Waals surface area contributed by atoms with Gasteiger partial charge in [-0.1, -0.05) is 23.2 Å². The summed E-state index contributed by atoms with van der Waals surface area (Å²) < 4.78 is 5.42. The number of carboxylic acids is 1. The van der Waals surface area contributed by atoms with Crippen LogP contribution in [0.5, 0.6) is 5.75 Å². The summed E-state index contributed by atoms with van der Waals surface area (Å²) in [7, 11) is 0. The van der Waals surface area contributed by atoms with Gasteiger partial charge in [0.15, 0.2) is 6.61 Å². The number of carboxylic acid groups (broad SMARTS) is 1. The van der Waals surface area contributed by atoms with Crippen molar-refractivity contribution in [3.05, 3.63) is 28.2 Å². The quantitative estimate of drug-likeness (QED) is 0.910. The fourth-order valence-corrected chi connectivity index (χ4v) is 2.91. The van der Waals surface area contributed by atoms with Gasteiger partial charge in [-0.2, -0.15) is 0 Å². The maximum atomic E-state index is 12.3. The smallest absolute Gasteiger partial charge is 0.308 e. The van der Waals surface area contributed by atoms with Gasteiger partial charge < -0.3 is 14.7 Å². The highest BCUT2D eigenvalue weighted by Crippen LogP contribution is 2.27. The molecule has 1 saturated heterocycles. The number of likely N-dealkylation sites (tertiary alicyclic amines) is 1. The second-order valence-corrected chi connectivity index (χ2v) is 6.09. The lowest BCUT2D eigenvalue weighted by Gasteiger charge is -2.37. The molecule has 1 heterocycles. The van der Waals surface area contributed by atoms with Crippen LogP contribution >= 0.6 is 23.2 Å². The molecule has 0 aliphatic carbocycles. The molecule has 1 aliphatic heterocycles. The van der Waals surface area contributed by atoms with E-state index in [1.165, 1.54) is 6.07 Å². The molecule has 22 heavy (non-hydrogen) atoms. The molecular formula is C15H17Cl2NO4. The van der Waals surface area contributed by atoms with E-state index in [-0.39, 0.29) is 18.6 Å². The summed E-state index contributed by atoms with van der Waals surface area (Å²) in [6, 6.07) is 4.42. The van der Waals surface area contributed by atoms with E-state index in [1.807, 2.05) is 0 Å². The van der Waals surface area contributed by atoms with Crippen LogP contribution in [-0.4, -0.2) is 41.1 Å². The summed E-state index contributed by atoms with van der Waals surface area (Å²) >= 11 is 11.7. The minimum atomic E-state index is -0.865. The first kappa shape index (κ1) is 16.9. The number of halogens is 2. The molecule has 1 fully saturated rings. The summed E-state index contributed by atoms with van der Waals surface area (Å²) in [6.07, 6.45) is 1.27. The molecule has 0 bridgehead atoms. The molecule has 0 radical (unpaired) electrons. The van der Waals surface area contributed by atoms with Crippen molar-refractivity contribution in [3.63, 3.8) is 0 Å². The van der Waals surface area contributed by atoms with Crippen LogP contribution in [0.4, 0.5) is 0 Å². The van der Waals surface area contributed by atoms with Crippen molar-refractivity contribution in [3.8, 4) is 5.75 Å². The molecule has 1 aliphatic rings. The first-order valence-electron chi connectivity index (χ1n) is 7.00. The first-order valence-corrected chi connectivity index (χ1v) is 7.76. The maximum Gasteiger partial charge on any atom is 0.308 e. The van der Waals surface area contributed by atoms with Crippen molar-refractivity contribution in [2.45, 2.75) is 25.8 Å². The zero-order valence-corrected chi connectivity index (χ0v) is 13.6. The van der Waals surface area contributed by atoms with E-state index in [1.54, 1.807) is 24.0 Å². The molecule has 5 nitrogen and oxygen atoms in total. The highest BCUT2D eigenvalue weighted by atomic mass is 35.5. The van der Waals surface area contributed by atoms with Crippen LogP contribution in [-0.2, 0) is 9.59 Å². The van der Waals surface area contributed by atoms with Crippen LogP contribution in [0.25, 0.3) is 0 Å². The van der Waals surface area contributed by atoms with E-state index in [4.69, 9.17) is 27.9 Å². The molecular weight excluding hydrogens is 329 g/mol. The number of hydrogen-bond acceptors (Lipinski definition) is 3. The van der Waals surface area contributed by atoms with E-state index in [0.717, 1.165) is 0 Å². The molecule has 0 spiro atoms. The van der Waals surface area contributed by atoms with Crippen molar-refractivity contribution in [1.82, 2.24) is 4.90 Å². The SMILES string of the molecule is C[C@@H]1[C@H](C(=O)O)CCCN1C(=O)COc1ccc(Cl)c(Cl)c1. The highest BCUT2D eigenvalue weighted by Gasteiger charge is 2.35. The minimum absolute atomic E-state index is 0.158. The molecule has 120 valence electrons. The van der Waals surface area contributed by atoms with E-state index < -0.39 is 11.9 Å². The molecule has 0 saturated carbocycles. The minimum Gasteiger partial charge on any atom is -0.484 e. The van der Waals surface area contributed by atoms with E-state index in [9.17, 15) is 14.7 Å². The predicted molar refractivity (Wildman–Crippen MR) is 83.5 cm³/mol. The summed E-state index contributed by atoms with van der Waals surface area (Å²) in [5.41, 5.74) is 0. The van der Waals surface area contributed by atoms with Crippen LogP contribution in [0.2, 0.25) is 10.0 Å². The molecule has 1 aromatic rings. The van der Waals surface area contributed by atoms with Gasteiger partial charge in [0.05, 0.1) is 16.0 Å². The number of aliphatic carboxylic acids is 1. The summed E-state index contributed by atoms with van der Waals surface area (Å²) in [5, 5.41) is 9.94. The van der Waals surface area contributed by atoms with E-state index in [0.29, 0.717) is 35.2 Å². The standard InChI is InChI=1S/C15H17Cl2NO4/c1-9-11(15(20)21)3-2-6-18(9)14(19)8-22-10-4-5-12(16)13(17)7-10/h4-5,7,9,11H,2-3,6,8H2,1H3,(H,20,21)/t9-,11-/m1/s1. The Kier molecular flexibility index (Phi) is 5.53. The zero-order valence-electron chi connectivity index (χ0n) is 12.1. The maximum absolute atomic E-state index is 12.3. The second-order valence-electron chi connectivity index (χ2n) is 5.28. The third-order valence-electron chi connectivity index (χ3n) is 3.88. The zero-order chi connectivity index (χ0) is 16.3. The Balaban J connectivity index is 1.96. The Morgan fingerprint density at radius 2 is 2.09 bits per heavy atom. The number of nitrogens with zero attached hydrogens (tertiary/aromatic N) is 1. The summed E-state index contributed by atoms with van der Waals surface area (Å²) in [5.74, 6) is -1.18. The average molecular weight is 346 g/mol. The van der Waals surface area contributed by atoms with Crippen molar-refractivity contribution >= 4 is 35.1 Å². The topological polar surface area (TPSA) is 66.8 Å². The number of amides is 1. The van der Waals surface area contributed by atoms with Gasteiger partial charge >= 0.3 is 5.97 Å². The second kappa shape index (κ2) is 7.20. The Morgan fingerprint density at radius 1 is 1.36 bits per heavy atom. The summed E-state index contributed by atoms with van der Waals surface area (Å²) in [6.45, 7) is 2.15. The fourth-order valence-electron chi connectivity index (χ4n) is 2.62. The summed E-state index contributed by atoms with van der Waals surface area (Å²) in [4.78, 5) is 25.0. The molecule has 2 rings (SSSR count).